The molecule has 0 aliphatic rings. The second kappa shape index (κ2) is 5.66. The summed E-state index contributed by atoms with van der Waals surface area (Å²) >= 11 is 0. The van der Waals surface area contributed by atoms with Crippen LogP contribution in [0.3, 0.4) is 0 Å². The molecule has 0 aliphatic heterocycles. The molecule has 1 aromatic heterocycles. The lowest BCUT2D eigenvalue weighted by molar-refractivity contribution is 0.0993. The Labute approximate surface area is 116 Å². The van der Waals surface area contributed by atoms with Crippen molar-refractivity contribution in [2.45, 2.75) is 6.92 Å². The van der Waals surface area contributed by atoms with E-state index in [-0.39, 0.29) is 11.7 Å². The summed E-state index contributed by atoms with van der Waals surface area (Å²) in [5.74, 6) is 4.79. The molecule has 1 heterocycles. The van der Waals surface area contributed by atoms with Gasteiger partial charge in [-0.15, -0.1) is 0 Å². The van der Waals surface area contributed by atoms with Crippen LogP contribution in [-0.4, -0.2) is 17.9 Å². The van der Waals surface area contributed by atoms with Gasteiger partial charge in [0.15, 0.2) is 0 Å². The Morgan fingerprint density at radius 1 is 1.35 bits per heavy atom. The number of carbonyl (C=O) groups is 1. The molecule has 0 fully saturated rings. The lowest BCUT2D eigenvalue weighted by atomic mass is 10.1. The fourth-order valence-electron chi connectivity index (χ4n) is 1.81. The van der Waals surface area contributed by atoms with E-state index in [1.165, 1.54) is 35.4 Å². The molecule has 0 saturated carbocycles. The largest absolute Gasteiger partial charge is 0.323 e. The van der Waals surface area contributed by atoms with Gasteiger partial charge in [-0.2, -0.15) is 0 Å². The number of nitrogen functional groups attached to an aromatic ring is 1. The smallest absolute Gasteiger partial charge is 0.261 e. The van der Waals surface area contributed by atoms with Gasteiger partial charge in [0.2, 0.25) is 0 Å². The fraction of sp³-hybridized carbons (Fsp3) is 0.143. The first-order valence-corrected chi connectivity index (χ1v) is 6.00. The molecule has 6 heteroatoms. The number of carbonyl (C=O) groups excluding carboxylic acids is 1. The third kappa shape index (κ3) is 2.75. The van der Waals surface area contributed by atoms with Crippen molar-refractivity contribution in [3.8, 4) is 0 Å². The van der Waals surface area contributed by atoms with E-state index in [0.29, 0.717) is 16.9 Å². The van der Waals surface area contributed by atoms with Crippen LogP contribution in [0.2, 0.25) is 0 Å². The van der Waals surface area contributed by atoms with E-state index in [2.05, 4.69) is 10.4 Å². The molecule has 2 rings (SSSR count). The number of hydrogen-bond acceptors (Lipinski definition) is 4. The molecular formula is C14H15FN4O. The van der Waals surface area contributed by atoms with Crippen molar-refractivity contribution in [2.24, 2.45) is 5.84 Å². The van der Waals surface area contributed by atoms with Crippen LogP contribution in [0.4, 0.5) is 15.8 Å². The average molecular weight is 274 g/mol. The number of nitrogens with two attached hydrogens (primary N) is 1. The number of nitrogens with zero attached hydrogens (tertiary/aromatic N) is 2. The van der Waals surface area contributed by atoms with E-state index < -0.39 is 0 Å². The number of anilines is 2. The van der Waals surface area contributed by atoms with Gasteiger partial charge in [0, 0.05) is 24.6 Å². The Morgan fingerprint density at radius 3 is 2.60 bits per heavy atom. The van der Waals surface area contributed by atoms with Crippen molar-refractivity contribution in [3.05, 3.63) is 53.6 Å². The van der Waals surface area contributed by atoms with Crippen LogP contribution in [0.15, 0.2) is 36.5 Å². The molecule has 0 aliphatic carbocycles. The van der Waals surface area contributed by atoms with Crippen molar-refractivity contribution < 1.29 is 9.18 Å². The van der Waals surface area contributed by atoms with E-state index in [4.69, 9.17) is 5.84 Å². The molecule has 2 aromatic rings. The summed E-state index contributed by atoms with van der Waals surface area (Å²) in [6.07, 6.45) is 1.47. The normalized spacial score (nSPS) is 10.2. The van der Waals surface area contributed by atoms with E-state index >= 15 is 0 Å². The summed E-state index contributed by atoms with van der Waals surface area (Å²) in [4.78, 5) is 17.9. The second-order valence-corrected chi connectivity index (χ2v) is 4.36. The van der Waals surface area contributed by atoms with E-state index in [1.807, 2.05) is 0 Å². The zero-order chi connectivity index (χ0) is 14.7. The van der Waals surface area contributed by atoms with Gasteiger partial charge in [-0.3, -0.25) is 15.6 Å². The van der Waals surface area contributed by atoms with Crippen LogP contribution in [0.1, 0.15) is 16.1 Å². The van der Waals surface area contributed by atoms with Crippen molar-refractivity contribution in [3.63, 3.8) is 0 Å². The monoisotopic (exact) mass is 274 g/mol. The Kier molecular flexibility index (Phi) is 3.95. The highest BCUT2D eigenvalue weighted by Crippen LogP contribution is 2.20. The maximum atomic E-state index is 12.9. The summed E-state index contributed by atoms with van der Waals surface area (Å²) in [5.41, 5.74) is 4.67. The van der Waals surface area contributed by atoms with E-state index in [9.17, 15) is 9.18 Å². The Morgan fingerprint density at radius 2 is 2.00 bits per heavy atom. The van der Waals surface area contributed by atoms with Gasteiger partial charge in [0.1, 0.15) is 5.82 Å². The van der Waals surface area contributed by atoms with Crippen molar-refractivity contribution in [1.82, 2.24) is 4.98 Å². The summed E-state index contributed by atoms with van der Waals surface area (Å²) < 4.78 is 12.9. The van der Waals surface area contributed by atoms with Crippen LogP contribution < -0.4 is 16.2 Å². The van der Waals surface area contributed by atoms with E-state index in [0.717, 1.165) is 5.69 Å². The molecule has 0 saturated heterocycles. The van der Waals surface area contributed by atoms with Gasteiger partial charge < -0.3 is 10.3 Å². The molecule has 0 bridgehead atoms. The second-order valence-electron chi connectivity index (χ2n) is 4.36. The molecule has 0 radical (unpaired) electrons. The third-order valence-electron chi connectivity index (χ3n) is 2.95. The summed E-state index contributed by atoms with van der Waals surface area (Å²) in [6.45, 7) is 1.80. The standard InChI is InChI=1S/C14H15FN4O/c1-9-7-13(18-16)12(8-17-9)14(20)19(2)11-5-3-10(15)4-6-11/h3-8H,16H2,1-2H3,(H,17,18). The first-order valence-electron chi connectivity index (χ1n) is 6.00. The number of rotatable bonds is 3. The minimum absolute atomic E-state index is 0.281. The SMILES string of the molecule is Cc1cc(NN)c(C(=O)N(C)c2ccc(F)cc2)cn1. The van der Waals surface area contributed by atoms with Gasteiger partial charge >= 0.3 is 0 Å². The highest BCUT2D eigenvalue weighted by Gasteiger charge is 2.17. The highest BCUT2D eigenvalue weighted by molar-refractivity contribution is 6.09. The van der Waals surface area contributed by atoms with Gasteiger partial charge in [0.25, 0.3) is 5.91 Å². The van der Waals surface area contributed by atoms with Crippen LogP contribution in [-0.2, 0) is 0 Å². The number of nitrogens with one attached hydrogen (secondary N) is 1. The van der Waals surface area contributed by atoms with Crippen molar-refractivity contribution in [2.75, 3.05) is 17.4 Å². The van der Waals surface area contributed by atoms with Crippen molar-refractivity contribution in [1.29, 1.82) is 0 Å². The summed E-state index contributed by atoms with van der Waals surface area (Å²) in [5, 5.41) is 0. The molecule has 104 valence electrons. The summed E-state index contributed by atoms with van der Waals surface area (Å²) in [6, 6.07) is 7.35. The van der Waals surface area contributed by atoms with E-state index in [1.54, 1.807) is 20.0 Å². The van der Waals surface area contributed by atoms with Gasteiger partial charge in [0.05, 0.1) is 11.3 Å². The van der Waals surface area contributed by atoms with Crippen LogP contribution in [0.5, 0.6) is 0 Å². The number of amides is 1. The zero-order valence-corrected chi connectivity index (χ0v) is 11.2. The van der Waals surface area contributed by atoms with Gasteiger partial charge in [-0.05, 0) is 37.3 Å². The lowest BCUT2D eigenvalue weighted by Gasteiger charge is -2.19. The van der Waals surface area contributed by atoms with Crippen LogP contribution in [0.25, 0.3) is 0 Å². The minimum Gasteiger partial charge on any atom is -0.323 e. The highest BCUT2D eigenvalue weighted by atomic mass is 19.1. The molecule has 0 atom stereocenters. The lowest BCUT2D eigenvalue weighted by Crippen LogP contribution is -2.28. The number of halogens is 1. The first kappa shape index (κ1) is 14.0. The van der Waals surface area contributed by atoms with Crippen LogP contribution >= 0.6 is 0 Å². The number of hydrazine groups is 1. The molecule has 5 nitrogen and oxygen atoms in total. The van der Waals surface area contributed by atoms with Crippen LogP contribution in [0, 0.1) is 12.7 Å². The molecule has 0 spiro atoms. The predicted molar refractivity (Wildman–Crippen MR) is 75.9 cm³/mol. The number of aromatic nitrogens is 1. The maximum absolute atomic E-state index is 12.9. The molecule has 20 heavy (non-hydrogen) atoms. The molecule has 0 unspecified atom stereocenters. The topological polar surface area (TPSA) is 71.2 Å². The first-order chi connectivity index (χ1) is 9.52. The summed E-state index contributed by atoms with van der Waals surface area (Å²) in [7, 11) is 1.61. The Hall–Kier alpha value is -2.47. The van der Waals surface area contributed by atoms with Gasteiger partial charge in [-0.25, -0.2) is 4.39 Å². The molecule has 1 amide bonds. The average Bonchev–Trinajstić information content (AvgIpc) is 2.46. The third-order valence-corrected chi connectivity index (χ3v) is 2.95. The molecular weight excluding hydrogens is 259 g/mol. The molecule has 3 N–H and O–H groups in total. The number of aryl methyl sites for hydroxylation is 1. The van der Waals surface area contributed by atoms with Crippen molar-refractivity contribution >= 4 is 17.3 Å². The van der Waals surface area contributed by atoms with Gasteiger partial charge in [-0.1, -0.05) is 0 Å². The Balaban J connectivity index is 2.33. The number of hydrogen-bond donors (Lipinski definition) is 2. The number of benzene rings is 1. The number of pyridine rings is 1. The maximum Gasteiger partial charge on any atom is 0.261 e. The zero-order valence-electron chi connectivity index (χ0n) is 11.2. The fourth-order valence-corrected chi connectivity index (χ4v) is 1.81. The predicted octanol–water partition coefficient (Wildman–Crippen LogP) is 2.09. The Bertz CT molecular complexity index is 628. The quantitative estimate of drug-likeness (QED) is 0.664. The molecule has 1 aromatic carbocycles. The minimum atomic E-state index is -0.351.